The number of benzene rings is 1. The second-order valence-corrected chi connectivity index (χ2v) is 3.99. The molecule has 1 aliphatic rings. The van der Waals surface area contributed by atoms with Crippen molar-refractivity contribution in [2.75, 3.05) is 0 Å². The number of rotatable bonds is 2. The van der Waals surface area contributed by atoms with Gasteiger partial charge in [0.25, 0.3) is 0 Å². The van der Waals surface area contributed by atoms with Crippen LogP contribution >= 0.6 is 0 Å². The highest BCUT2D eigenvalue weighted by Crippen LogP contribution is 2.53. The Kier molecular flexibility index (Phi) is 2.00. The Morgan fingerprint density at radius 2 is 2.07 bits per heavy atom. The molecule has 0 aliphatic heterocycles. The van der Waals surface area contributed by atoms with Crippen molar-refractivity contribution in [2.24, 2.45) is 0 Å². The molecule has 1 fully saturated rings. The fourth-order valence-corrected chi connectivity index (χ4v) is 1.95. The first-order chi connectivity index (χ1) is 6.56. The summed E-state index contributed by atoms with van der Waals surface area (Å²) in [6.45, 7) is 1.68. The molecular formula is C11H13FO2. The zero-order chi connectivity index (χ0) is 10.3. The highest BCUT2D eigenvalue weighted by Gasteiger charge is 2.50. The molecule has 0 radical (unpaired) electrons. The fraction of sp³-hybridized carbons (Fsp3) is 0.455. The summed E-state index contributed by atoms with van der Waals surface area (Å²) in [6, 6.07) is 3.87. The Hall–Kier alpha value is -1.09. The van der Waals surface area contributed by atoms with E-state index in [1.165, 1.54) is 18.2 Å². The van der Waals surface area contributed by atoms with E-state index in [0.29, 0.717) is 5.56 Å². The summed E-state index contributed by atoms with van der Waals surface area (Å²) >= 11 is 0. The van der Waals surface area contributed by atoms with E-state index >= 15 is 0 Å². The predicted octanol–water partition coefficient (Wildman–Crippen LogP) is 1.94. The minimum atomic E-state index is -0.546. The van der Waals surface area contributed by atoms with Gasteiger partial charge in [-0.05, 0) is 38.0 Å². The standard InChI is InChI=1S/C11H13FO2/c1-7(13)11(4-5-11)9-6-8(12)2-3-10(9)14/h2-3,6-7,13-14H,4-5H2,1H3. The Morgan fingerprint density at radius 1 is 1.43 bits per heavy atom. The topological polar surface area (TPSA) is 40.5 Å². The van der Waals surface area contributed by atoms with Crippen LogP contribution in [0.1, 0.15) is 25.3 Å². The van der Waals surface area contributed by atoms with Crippen molar-refractivity contribution in [3.8, 4) is 5.75 Å². The fourth-order valence-electron chi connectivity index (χ4n) is 1.95. The van der Waals surface area contributed by atoms with Crippen LogP contribution in [0.5, 0.6) is 5.75 Å². The molecule has 0 aromatic heterocycles. The van der Waals surface area contributed by atoms with E-state index in [1.807, 2.05) is 0 Å². The molecule has 0 bridgehead atoms. The highest BCUT2D eigenvalue weighted by atomic mass is 19.1. The van der Waals surface area contributed by atoms with E-state index in [2.05, 4.69) is 0 Å². The van der Waals surface area contributed by atoms with Crippen LogP contribution in [0.3, 0.4) is 0 Å². The van der Waals surface area contributed by atoms with Crippen molar-refractivity contribution in [2.45, 2.75) is 31.3 Å². The van der Waals surface area contributed by atoms with Crippen LogP contribution in [-0.4, -0.2) is 16.3 Å². The van der Waals surface area contributed by atoms with Gasteiger partial charge in [0.1, 0.15) is 11.6 Å². The molecule has 1 aliphatic carbocycles. The van der Waals surface area contributed by atoms with E-state index in [0.717, 1.165) is 12.8 Å². The molecule has 3 heteroatoms. The lowest BCUT2D eigenvalue weighted by atomic mass is 9.90. The van der Waals surface area contributed by atoms with Crippen molar-refractivity contribution in [3.05, 3.63) is 29.6 Å². The summed E-state index contributed by atoms with van der Waals surface area (Å²) < 4.78 is 13.0. The third kappa shape index (κ3) is 1.28. The molecule has 76 valence electrons. The summed E-state index contributed by atoms with van der Waals surface area (Å²) in [5.74, 6) is -0.297. The molecule has 1 unspecified atom stereocenters. The van der Waals surface area contributed by atoms with Gasteiger partial charge < -0.3 is 10.2 Å². The zero-order valence-electron chi connectivity index (χ0n) is 8.00. The second-order valence-electron chi connectivity index (χ2n) is 3.99. The molecule has 1 saturated carbocycles. The van der Waals surface area contributed by atoms with Crippen molar-refractivity contribution >= 4 is 0 Å². The number of aliphatic hydroxyl groups excluding tert-OH is 1. The lowest BCUT2D eigenvalue weighted by Crippen LogP contribution is -2.22. The number of aromatic hydroxyl groups is 1. The van der Waals surface area contributed by atoms with Gasteiger partial charge in [0.05, 0.1) is 6.10 Å². The average molecular weight is 196 g/mol. The molecule has 0 amide bonds. The van der Waals surface area contributed by atoms with Crippen molar-refractivity contribution in [3.63, 3.8) is 0 Å². The summed E-state index contributed by atoms with van der Waals surface area (Å²) in [5, 5.41) is 19.2. The summed E-state index contributed by atoms with van der Waals surface area (Å²) in [4.78, 5) is 0. The van der Waals surface area contributed by atoms with Crippen molar-refractivity contribution in [1.82, 2.24) is 0 Å². The van der Waals surface area contributed by atoms with Crippen LogP contribution in [0.25, 0.3) is 0 Å². The van der Waals surface area contributed by atoms with E-state index in [4.69, 9.17) is 0 Å². The van der Waals surface area contributed by atoms with Gasteiger partial charge in [-0.1, -0.05) is 0 Å². The minimum absolute atomic E-state index is 0.0739. The van der Waals surface area contributed by atoms with Crippen molar-refractivity contribution in [1.29, 1.82) is 0 Å². The molecule has 1 atom stereocenters. The largest absolute Gasteiger partial charge is 0.508 e. The number of hydrogen-bond donors (Lipinski definition) is 2. The third-order valence-corrected chi connectivity index (χ3v) is 3.08. The molecule has 1 aromatic carbocycles. The van der Waals surface area contributed by atoms with Crippen LogP contribution in [0.2, 0.25) is 0 Å². The van der Waals surface area contributed by atoms with Crippen molar-refractivity contribution < 1.29 is 14.6 Å². The molecule has 0 heterocycles. The normalized spacial score (nSPS) is 20.5. The zero-order valence-corrected chi connectivity index (χ0v) is 8.00. The molecule has 2 nitrogen and oxygen atoms in total. The molecule has 1 aromatic rings. The number of halogens is 1. The smallest absolute Gasteiger partial charge is 0.123 e. The van der Waals surface area contributed by atoms with Gasteiger partial charge in [-0.15, -0.1) is 0 Å². The van der Waals surface area contributed by atoms with Gasteiger partial charge in [-0.25, -0.2) is 4.39 Å². The minimum Gasteiger partial charge on any atom is -0.508 e. The number of phenols is 1. The predicted molar refractivity (Wildman–Crippen MR) is 50.7 cm³/mol. The summed E-state index contributed by atoms with van der Waals surface area (Å²) in [6.07, 6.45) is 1.07. The van der Waals surface area contributed by atoms with E-state index in [-0.39, 0.29) is 11.6 Å². The first-order valence-corrected chi connectivity index (χ1v) is 4.73. The maximum Gasteiger partial charge on any atom is 0.123 e. The Morgan fingerprint density at radius 3 is 2.57 bits per heavy atom. The van der Waals surface area contributed by atoms with E-state index < -0.39 is 11.5 Å². The molecule has 14 heavy (non-hydrogen) atoms. The van der Waals surface area contributed by atoms with Gasteiger partial charge in [-0.3, -0.25) is 0 Å². The molecule has 2 N–H and O–H groups in total. The maximum absolute atomic E-state index is 13.0. The van der Waals surface area contributed by atoms with Gasteiger partial charge in [0, 0.05) is 11.0 Å². The number of hydrogen-bond acceptors (Lipinski definition) is 2. The number of aliphatic hydroxyl groups is 1. The first kappa shape index (κ1) is 9.46. The Bertz CT molecular complexity index is 356. The molecule has 0 saturated heterocycles. The lowest BCUT2D eigenvalue weighted by Gasteiger charge is -2.20. The van der Waals surface area contributed by atoms with Crippen LogP contribution < -0.4 is 0 Å². The Balaban J connectivity index is 2.46. The third-order valence-electron chi connectivity index (χ3n) is 3.08. The summed E-state index contributed by atoms with van der Waals surface area (Å²) in [7, 11) is 0. The first-order valence-electron chi connectivity index (χ1n) is 4.73. The highest BCUT2D eigenvalue weighted by molar-refractivity contribution is 5.43. The maximum atomic E-state index is 13.0. The van der Waals surface area contributed by atoms with E-state index in [9.17, 15) is 14.6 Å². The van der Waals surface area contributed by atoms with E-state index in [1.54, 1.807) is 6.92 Å². The van der Waals surface area contributed by atoms with Gasteiger partial charge >= 0.3 is 0 Å². The van der Waals surface area contributed by atoms with Crippen LogP contribution in [-0.2, 0) is 5.41 Å². The monoisotopic (exact) mass is 196 g/mol. The van der Waals surface area contributed by atoms with Gasteiger partial charge in [0.2, 0.25) is 0 Å². The second kappa shape index (κ2) is 2.95. The molecule has 0 spiro atoms. The van der Waals surface area contributed by atoms with Crippen LogP contribution in [0.4, 0.5) is 4.39 Å². The number of phenolic OH excluding ortho intramolecular Hbond substituents is 1. The van der Waals surface area contributed by atoms with Gasteiger partial charge in [-0.2, -0.15) is 0 Å². The molecule has 2 rings (SSSR count). The quantitative estimate of drug-likeness (QED) is 0.758. The van der Waals surface area contributed by atoms with Crippen LogP contribution in [0, 0.1) is 5.82 Å². The SMILES string of the molecule is CC(O)C1(c2cc(F)ccc2O)CC1. The molecular weight excluding hydrogens is 183 g/mol. The lowest BCUT2D eigenvalue weighted by molar-refractivity contribution is 0.149. The summed E-state index contributed by atoms with van der Waals surface area (Å²) in [5.41, 5.74) is 0.124. The Labute approximate surface area is 82.0 Å². The van der Waals surface area contributed by atoms with Crippen LogP contribution in [0.15, 0.2) is 18.2 Å². The average Bonchev–Trinajstić information content (AvgIpc) is 2.90. The van der Waals surface area contributed by atoms with Gasteiger partial charge in [0.15, 0.2) is 0 Å².